The molecule has 0 amide bonds. The van der Waals surface area contributed by atoms with Crippen molar-refractivity contribution in [3.05, 3.63) is 85.6 Å². The number of rotatable bonds is 13. The van der Waals surface area contributed by atoms with E-state index in [2.05, 4.69) is 119 Å². The van der Waals surface area contributed by atoms with Gasteiger partial charge in [-0.1, -0.05) is 39.0 Å². The second-order valence-electron chi connectivity index (χ2n) is 14.3. The summed E-state index contributed by atoms with van der Waals surface area (Å²) in [7, 11) is 5.68. The monoisotopic (exact) mass is 669 g/mol. The SMILES string of the molecule is C=CN(C)/N=C\N(C)c1ccc(N2CCN(c3ccc(NC[C@H](CO)CC(C)(C)C4CCC(C)C=C4C)cc3)CC2)cc1.Cn1cncn1. The molecule has 3 aromatic rings. The molecule has 0 saturated carbocycles. The van der Waals surface area contributed by atoms with E-state index in [0.29, 0.717) is 11.8 Å². The van der Waals surface area contributed by atoms with Crippen LogP contribution in [0.2, 0.25) is 0 Å². The predicted octanol–water partition coefficient (Wildman–Crippen LogP) is 6.71. The number of aryl methyl sites for hydroxylation is 1. The van der Waals surface area contributed by atoms with E-state index in [1.165, 1.54) is 36.1 Å². The Morgan fingerprint density at radius 3 is 2.12 bits per heavy atom. The molecule has 2 N–H and O–H groups in total. The Morgan fingerprint density at radius 1 is 1.02 bits per heavy atom. The summed E-state index contributed by atoms with van der Waals surface area (Å²) in [6.45, 7) is 18.1. The Morgan fingerprint density at radius 2 is 1.63 bits per heavy atom. The normalized spacial score (nSPS) is 18.7. The standard InChI is InChI=1S/C36H54N6O.C3H5N3/c1-8-40(7)38-27-39(6)32-14-16-34(17-15-32)42-21-19-41(20-22-42)33-12-10-31(11-13-33)37-25-30(26-43)24-36(4,5)35-18-9-28(2)23-29(35)3;1-6-3-4-2-5-6/h8,10-17,23,27-28,30,35,37,43H,1,9,18-22,24-26H2,2-7H3;2-3H,1H3/b38-27-;/t28?,30-,35?;/m1./s1. The molecular weight excluding hydrogens is 610 g/mol. The van der Waals surface area contributed by atoms with Crippen LogP contribution in [0.15, 0.2) is 90.7 Å². The third kappa shape index (κ3) is 11.1. The van der Waals surface area contributed by atoms with E-state index >= 15 is 0 Å². The third-order valence-electron chi connectivity index (χ3n) is 9.96. The van der Waals surface area contributed by atoms with Gasteiger partial charge in [0.15, 0.2) is 0 Å². The van der Waals surface area contributed by atoms with Gasteiger partial charge in [0.05, 0.1) is 0 Å². The molecule has 0 bridgehead atoms. The number of hydrogen-bond acceptors (Lipinski definition) is 8. The Kier molecular flexibility index (Phi) is 13.7. The summed E-state index contributed by atoms with van der Waals surface area (Å²) in [4.78, 5) is 10.6. The second-order valence-corrected chi connectivity index (χ2v) is 14.3. The maximum absolute atomic E-state index is 10.2. The Bertz CT molecular complexity index is 1460. The lowest BCUT2D eigenvalue weighted by Crippen LogP contribution is -2.46. The maximum Gasteiger partial charge on any atom is 0.137 e. The zero-order chi connectivity index (χ0) is 35.4. The van der Waals surface area contributed by atoms with E-state index in [1.807, 2.05) is 26.0 Å². The van der Waals surface area contributed by atoms with Gasteiger partial charge in [-0.05, 0) is 97.9 Å². The zero-order valence-electron chi connectivity index (χ0n) is 30.8. The Labute approximate surface area is 294 Å². The van der Waals surface area contributed by atoms with Gasteiger partial charge in [-0.25, -0.2) is 4.98 Å². The summed E-state index contributed by atoms with van der Waals surface area (Å²) in [5.74, 6) is 1.53. The van der Waals surface area contributed by atoms with Crippen LogP contribution in [-0.4, -0.2) is 84.6 Å². The van der Waals surface area contributed by atoms with Gasteiger partial charge in [-0.3, -0.25) is 9.69 Å². The number of nitrogens with zero attached hydrogens (tertiary/aromatic N) is 8. The number of piperazine rings is 1. The van der Waals surface area contributed by atoms with Crippen LogP contribution >= 0.6 is 0 Å². The fourth-order valence-electron chi connectivity index (χ4n) is 7.11. The first-order chi connectivity index (χ1) is 23.5. The smallest absolute Gasteiger partial charge is 0.137 e. The van der Waals surface area contributed by atoms with E-state index in [4.69, 9.17) is 0 Å². The summed E-state index contributed by atoms with van der Waals surface area (Å²) >= 11 is 0. The highest BCUT2D eigenvalue weighted by Gasteiger charge is 2.34. The molecule has 266 valence electrons. The van der Waals surface area contributed by atoms with E-state index < -0.39 is 0 Å². The average molecular weight is 670 g/mol. The molecule has 1 fully saturated rings. The highest BCUT2D eigenvalue weighted by atomic mass is 16.3. The van der Waals surface area contributed by atoms with Crippen LogP contribution in [0, 0.1) is 23.2 Å². The van der Waals surface area contributed by atoms with Crippen molar-refractivity contribution in [2.75, 3.05) is 73.4 Å². The molecule has 5 rings (SSSR count). The molecule has 1 aliphatic heterocycles. The number of hydrazone groups is 1. The zero-order valence-corrected chi connectivity index (χ0v) is 30.8. The van der Waals surface area contributed by atoms with Crippen molar-refractivity contribution in [1.82, 2.24) is 19.8 Å². The number of aliphatic hydroxyl groups excluding tert-OH is 1. The third-order valence-corrected chi connectivity index (χ3v) is 9.96. The van der Waals surface area contributed by atoms with Crippen LogP contribution in [-0.2, 0) is 7.05 Å². The fraction of sp³-hybridized carbons (Fsp3) is 0.513. The maximum atomic E-state index is 10.2. The van der Waals surface area contributed by atoms with Crippen molar-refractivity contribution in [3.8, 4) is 0 Å². The molecule has 49 heavy (non-hydrogen) atoms. The summed E-state index contributed by atoms with van der Waals surface area (Å²) in [6, 6.07) is 17.5. The van der Waals surface area contributed by atoms with Crippen LogP contribution in [0.4, 0.5) is 22.7 Å². The number of hydrogen-bond donors (Lipinski definition) is 2. The first kappa shape index (κ1) is 37.5. The van der Waals surface area contributed by atoms with E-state index in [1.54, 1.807) is 28.6 Å². The molecular formula is C39H59N9O. The van der Waals surface area contributed by atoms with E-state index in [-0.39, 0.29) is 17.9 Å². The molecule has 2 heterocycles. The number of aliphatic hydroxyl groups is 1. The quantitative estimate of drug-likeness (QED) is 0.0899. The number of allylic oxidation sites excluding steroid dienone is 2. The largest absolute Gasteiger partial charge is 0.396 e. The number of benzene rings is 2. The minimum atomic E-state index is 0.178. The Balaban J connectivity index is 0.000000812. The molecule has 0 radical (unpaired) electrons. The van der Waals surface area contributed by atoms with Crippen LogP contribution in [0.5, 0.6) is 0 Å². The molecule has 1 aliphatic carbocycles. The van der Waals surface area contributed by atoms with Crippen LogP contribution in [0.25, 0.3) is 0 Å². The lowest BCUT2D eigenvalue weighted by molar-refractivity contribution is 0.131. The van der Waals surface area contributed by atoms with Gasteiger partial charge < -0.3 is 25.1 Å². The molecule has 2 unspecified atom stereocenters. The van der Waals surface area contributed by atoms with E-state index in [0.717, 1.165) is 50.5 Å². The molecule has 2 aromatic carbocycles. The summed E-state index contributed by atoms with van der Waals surface area (Å²) < 4.78 is 1.64. The summed E-state index contributed by atoms with van der Waals surface area (Å²) in [5, 5.41) is 23.5. The van der Waals surface area contributed by atoms with Crippen LogP contribution in [0.1, 0.15) is 47.0 Å². The first-order valence-electron chi connectivity index (χ1n) is 17.6. The van der Waals surface area contributed by atoms with Crippen molar-refractivity contribution in [2.24, 2.45) is 35.3 Å². The van der Waals surface area contributed by atoms with Crippen LogP contribution < -0.4 is 20.0 Å². The lowest BCUT2D eigenvalue weighted by atomic mass is 9.65. The lowest BCUT2D eigenvalue weighted by Gasteiger charge is -2.40. The number of nitrogens with one attached hydrogen (secondary N) is 1. The fourth-order valence-corrected chi connectivity index (χ4v) is 7.11. The number of anilines is 4. The first-order valence-corrected chi connectivity index (χ1v) is 17.6. The topological polar surface area (TPSA) is 88.3 Å². The van der Waals surface area contributed by atoms with Crippen molar-refractivity contribution < 1.29 is 5.11 Å². The van der Waals surface area contributed by atoms with Gasteiger partial charge in [0.25, 0.3) is 0 Å². The molecule has 2 aliphatic rings. The number of aromatic nitrogens is 3. The van der Waals surface area contributed by atoms with Crippen molar-refractivity contribution in [2.45, 2.75) is 47.0 Å². The summed E-state index contributed by atoms with van der Waals surface area (Å²) in [5.41, 5.74) is 6.44. The van der Waals surface area contributed by atoms with Crippen molar-refractivity contribution >= 4 is 29.1 Å². The van der Waals surface area contributed by atoms with Gasteiger partial charge in [-0.15, -0.1) is 0 Å². The molecule has 1 aromatic heterocycles. The van der Waals surface area contributed by atoms with Gasteiger partial charge in [0.2, 0.25) is 0 Å². The van der Waals surface area contributed by atoms with Gasteiger partial charge in [0.1, 0.15) is 19.0 Å². The van der Waals surface area contributed by atoms with Gasteiger partial charge in [-0.2, -0.15) is 10.2 Å². The second kappa shape index (κ2) is 17.9. The Hall–Kier alpha value is -4.31. The highest BCUT2D eigenvalue weighted by Crippen LogP contribution is 2.44. The molecule has 10 nitrogen and oxygen atoms in total. The summed E-state index contributed by atoms with van der Waals surface area (Å²) in [6.07, 6.45) is 12.6. The highest BCUT2D eigenvalue weighted by molar-refractivity contribution is 5.78. The average Bonchev–Trinajstić information content (AvgIpc) is 3.60. The predicted molar refractivity (Wildman–Crippen MR) is 206 cm³/mol. The van der Waals surface area contributed by atoms with Crippen molar-refractivity contribution in [1.29, 1.82) is 0 Å². The van der Waals surface area contributed by atoms with Crippen LogP contribution in [0.3, 0.4) is 0 Å². The molecule has 1 saturated heterocycles. The molecule has 10 heteroatoms. The van der Waals surface area contributed by atoms with Gasteiger partial charge in [0, 0.05) is 89.4 Å². The van der Waals surface area contributed by atoms with Crippen molar-refractivity contribution in [3.63, 3.8) is 0 Å². The van der Waals surface area contributed by atoms with E-state index in [9.17, 15) is 5.11 Å². The minimum absolute atomic E-state index is 0.178. The molecule has 3 atom stereocenters. The minimum Gasteiger partial charge on any atom is -0.396 e. The molecule has 0 spiro atoms. The van der Waals surface area contributed by atoms with Gasteiger partial charge >= 0.3 is 0 Å².